The molecule has 30 heavy (non-hydrogen) atoms. The maximum absolute atomic E-state index is 5.42. The van der Waals surface area contributed by atoms with E-state index >= 15 is 0 Å². The number of nitrogens with zero attached hydrogens (tertiary/aromatic N) is 1. The lowest BCUT2D eigenvalue weighted by molar-refractivity contribution is 0.324. The highest BCUT2D eigenvalue weighted by atomic mass is 16.5. The van der Waals surface area contributed by atoms with Crippen molar-refractivity contribution in [1.82, 2.24) is 10.6 Å². The van der Waals surface area contributed by atoms with Gasteiger partial charge in [-0.15, -0.1) is 0 Å². The van der Waals surface area contributed by atoms with E-state index in [9.17, 15) is 0 Å². The highest BCUT2D eigenvalue weighted by Crippen LogP contribution is 2.38. The Morgan fingerprint density at radius 1 is 0.833 bits per heavy atom. The first-order valence-corrected chi connectivity index (χ1v) is 10.1. The van der Waals surface area contributed by atoms with Crippen LogP contribution in [-0.4, -0.2) is 47.5 Å². The Balaban J connectivity index is 1.95. The molecule has 2 aromatic carbocycles. The van der Waals surface area contributed by atoms with Gasteiger partial charge in [0, 0.05) is 13.1 Å². The fraction of sp³-hybridized carbons (Fsp3) is 0.435. The first-order chi connectivity index (χ1) is 14.6. The van der Waals surface area contributed by atoms with Gasteiger partial charge in [-0.2, -0.15) is 0 Å². The van der Waals surface area contributed by atoms with Crippen molar-refractivity contribution in [3.63, 3.8) is 0 Å². The summed E-state index contributed by atoms with van der Waals surface area (Å²) >= 11 is 0. The summed E-state index contributed by atoms with van der Waals surface area (Å²) in [6.07, 6.45) is 1.99. The molecule has 0 amide bonds. The average molecular weight is 416 g/mol. The Labute approximate surface area is 179 Å². The van der Waals surface area contributed by atoms with E-state index in [1.165, 1.54) is 5.56 Å². The number of guanidine groups is 1. The predicted octanol–water partition coefficient (Wildman–Crippen LogP) is 3.41. The molecule has 0 aliphatic rings. The minimum absolute atomic E-state index is 0.491. The maximum Gasteiger partial charge on any atom is 0.203 e. The molecule has 0 aromatic heterocycles. The minimum atomic E-state index is 0.491. The number of hydrogen-bond donors (Lipinski definition) is 2. The zero-order chi connectivity index (χ0) is 21.8. The molecule has 2 aromatic rings. The Morgan fingerprint density at radius 3 is 2.03 bits per heavy atom. The van der Waals surface area contributed by atoms with Crippen molar-refractivity contribution in [2.45, 2.75) is 26.3 Å². The van der Waals surface area contributed by atoms with E-state index in [2.05, 4.69) is 27.8 Å². The number of methoxy groups -OCH3 is 4. The number of aliphatic imine (C=N–C) groups is 1. The largest absolute Gasteiger partial charge is 0.497 e. The number of rotatable bonds is 11. The van der Waals surface area contributed by atoms with E-state index in [0.29, 0.717) is 23.8 Å². The Kier molecular flexibility index (Phi) is 9.64. The second-order valence-corrected chi connectivity index (χ2v) is 6.61. The molecule has 7 heteroatoms. The van der Waals surface area contributed by atoms with Gasteiger partial charge in [0.1, 0.15) is 5.75 Å². The van der Waals surface area contributed by atoms with E-state index < -0.39 is 0 Å². The Bertz CT molecular complexity index is 782. The van der Waals surface area contributed by atoms with Crippen LogP contribution in [0.4, 0.5) is 0 Å². The molecule has 0 spiro atoms. The maximum atomic E-state index is 5.42. The third-order valence-electron chi connectivity index (χ3n) is 4.58. The molecule has 0 saturated heterocycles. The van der Waals surface area contributed by atoms with Gasteiger partial charge in [-0.05, 0) is 55.2 Å². The lowest BCUT2D eigenvalue weighted by Gasteiger charge is -2.14. The van der Waals surface area contributed by atoms with Crippen LogP contribution in [0.15, 0.2) is 41.4 Å². The molecule has 0 aliphatic heterocycles. The zero-order valence-electron chi connectivity index (χ0n) is 18.6. The van der Waals surface area contributed by atoms with Crippen molar-refractivity contribution >= 4 is 5.96 Å². The molecule has 0 aliphatic carbocycles. The first-order valence-electron chi connectivity index (χ1n) is 10.1. The van der Waals surface area contributed by atoms with Gasteiger partial charge in [-0.3, -0.25) is 0 Å². The minimum Gasteiger partial charge on any atom is -0.497 e. The molecule has 164 valence electrons. The summed E-state index contributed by atoms with van der Waals surface area (Å²) in [6, 6.07) is 12.0. The van der Waals surface area contributed by atoms with Gasteiger partial charge < -0.3 is 29.6 Å². The topological polar surface area (TPSA) is 73.3 Å². The predicted molar refractivity (Wildman–Crippen MR) is 120 cm³/mol. The summed E-state index contributed by atoms with van der Waals surface area (Å²) < 4.78 is 21.4. The molecular formula is C23H33N3O4. The molecule has 2 N–H and O–H groups in total. The number of benzene rings is 2. The summed E-state index contributed by atoms with van der Waals surface area (Å²) in [6.45, 7) is 4.16. The summed E-state index contributed by atoms with van der Waals surface area (Å²) in [5.74, 6) is 3.49. The monoisotopic (exact) mass is 415 g/mol. The normalized spacial score (nSPS) is 11.0. The SMILES string of the molecule is CCNC(=NCc1cc(OC)c(OC)c(OC)c1)NCCCc1ccc(OC)cc1. The van der Waals surface area contributed by atoms with Crippen LogP contribution >= 0.6 is 0 Å². The smallest absolute Gasteiger partial charge is 0.203 e. The molecule has 0 saturated carbocycles. The lowest BCUT2D eigenvalue weighted by Crippen LogP contribution is -2.37. The highest BCUT2D eigenvalue weighted by molar-refractivity contribution is 5.79. The van der Waals surface area contributed by atoms with Crippen LogP contribution in [0.2, 0.25) is 0 Å². The molecule has 0 unspecified atom stereocenters. The Hall–Kier alpha value is -3.09. The van der Waals surface area contributed by atoms with Crippen LogP contribution < -0.4 is 29.6 Å². The van der Waals surface area contributed by atoms with Gasteiger partial charge in [-0.1, -0.05) is 12.1 Å². The fourth-order valence-corrected chi connectivity index (χ4v) is 3.03. The summed E-state index contributed by atoms with van der Waals surface area (Å²) in [5, 5.41) is 6.67. The summed E-state index contributed by atoms with van der Waals surface area (Å²) in [4.78, 5) is 4.68. The third-order valence-corrected chi connectivity index (χ3v) is 4.58. The van der Waals surface area contributed by atoms with Crippen molar-refractivity contribution in [2.24, 2.45) is 4.99 Å². The van der Waals surface area contributed by atoms with E-state index in [0.717, 1.165) is 43.2 Å². The van der Waals surface area contributed by atoms with Crippen LogP contribution in [0.1, 0.15) is 24.5 Å². The molecule has 0 bridgehead atoms. The zero-order valence-corrected chi connectivity index (χ0v) is 18.6. The van der Waals surface area contributed by atoms with Crippen LogP contribution in [0.3, 0.4) is 0 Å². The van der Waals surface area contributed by atoms with Gasteiger partial charge in [0.2, 0.25) is 5.75 Å². The molecule has 0 heterocycles. The molecule has 0 fully saturated rings. The molecule has 7 nitrogen and oxygen atoms in total. The van der Waals surface area contributed by atoms with Gasteiger partial charge in [-0.25, -0.2) is 4.99 Å². The first kappa shape index (κ1) is 23.2. The Morgan fingerprint density at radius 2 is 1.50 bits per heavy atom. The highest BCUT2D eigenvalue weighted by Gasteiger charge is 2.13. The van der Waals surface area contributed by atoms with Crippen molar-refractivity contribution in [3.8, 4) is 23.0 Å². The second-order valence-electron chi connectivity index (χ2n) is 6.61. The third kappa shape index (κ3) is 6.76. The second kappa shape index (κ2) is 12.5. The van der Waals surface area contributed by atoms with Crippen molar-refractivity contribution in [1.29, 1.82) is 0 Å². The van der Waals surface area contributed by atoms with Crippen molar-refractivity contribution in [2.75, 3.05) is 41.5 Å². The van der Waals surface area contributed by atoms with E-state index in [1.807, 2.05) is 31.2 Å². The molecule has 0 atom stereocenters. The van der Waals surface area contributed by atoms with Crippen molar-refractivity contribution in [3.05, 3.63) is 47.5 Å². The van der Waals surface area contributed by atoms with Gasteiger partial charge in [0.15, 0.2) is 17.5 Å². The molecule has 2 rings (SSSR count). The van der Waals surface area contributed by atoms with Crippen LogP contribution in [0.25, 0.3) is 0 Å². The fourth-order valence-electron chi connectivity index (χ4n) is 3.03. The summed E-state index contributed by atoms with van der Waals surface area (Å²) in [5.41, 5.74) is 2.26. The van der Waals surface area contributed by atoms with Crippen molar-refractivity contribution < 1.29 is 18.9 Å². The van der Waals surface area contributed by atoms with E-state index in [1.54, 1.807) is 28.4 Å². The number of nitrogens with one attached hydrogen (secondary N) is 2. The van der Waals surface area contributed by atoms with Crippen LogP contribution in [0, 0.1) is 0 Å². The van der Waals surface area contributed by atoms with Gasteiger partial charge in [0.05, 0.1) is 35.0 Å². The van der Waals surface area contributed by atoms with E-state index in [-0.39, 0.29) is 0 Å². The standard InChI is InChI=1S/C23H33N3O4/c1-6-24-23(25-13-7-8-17-9-11-19(27-2)12-10-17)26-16-18-14-20(28-3)22(30-5)21(15-18)29-4/h9-12,14-15H,6-8,13,16H2,1-5H3,(H2,24,25,26). The number of aryl methyl sites for hydroxylation is 1. The molecule has 0 radical (unpaired) electrons. The van der Waals surface area contributed by atoms with Crippen LogP contribution in [-0.2, 0) is 13.0 Å². The number of hydrogen-bond acceptors (Lipinski definition) is 5. The molecular weight excluding hydrogens is 382 g/mol. The van der Waals surface area contributed by atoms with Gasteiger partial charge in [0.25, 0.3) is 0 Å². The van der Waals surface area contributed by atoms with Crippen LogP contribution in [0.5, 0.6) is 23.0 Å². The number of ether oxygens (including phenoxy) is 4. The van der Waals surface area contributed by atoms with E-state index in [4.69, 9.17) is 18.9 Å². The van der Waals surface area contributed by atoms with Gasteiger partial charge >= 0.3 is 0 Å². The summed E-state index contributed by atoms with van der Waals surface area (Å²) in [7, 11) is 6.49. The lowest BCUT2D eigenvalue weighted by atomic mass is 10.1. The average Bonchev–Trinajstić information content (AvgIpc) is 2.79. The quantitative estimate of drug-likeness (QED) is 0.333.